The standard InChI is InChI=1S/C24H32ClN3O5S/c1-6-17(2)26-24(30)18(3)27(15-19-10-9-11-20(14-19)33-4)23(29)16-28(34(5,31)32)22-13-8-7-12-21(22)25/h7-14,17-18H,6,15-16H2,1-5H3,(H,26,30)/t17-,18-/m1/s1. The molecule has 0 aliphatic heterocycles. The lowest BCUT2D eigenvalue weighted by molar-refractivity contribution is -0.139. The Morgan fingerprint density at radius 1 is 1.12 bits per heavy atom. The molecule has 0 bridgehead atoms. The van der Waals surface area contributed by atoms with Gasteiger partial charge in [0, 0.05) is 12.6 Å². The van der Waals surface area contributed by atoms with E-state index < -0.39 is 28.5 Å². The molecule has 2 amide bonds. The molecule has 2 rings (SSSR count). The van der Waals surface area contributed by atoms with Gasteiger partial charge in [-0.05, 0) is 50.1 Å². The Labute approximate surface area is 206 Å². The lowest BCUT2D eigenvalue weighted by atomic mass is 10.1. The van der Waals surface area contributed by atoms with Crippen molar-refractivity contribution in [2.75, 3.05) is 24.2 Å². The molecule has 2 aromatic carbocycles. The van der Waals surface area contributed by atoms with Crippen LogP contribution in [0.2, 0.25) is 5.02 Å². The number of anilines is 1. The van der Waals surface area contributed by atoms with Crippen LogP contribution >= 0.6 is 11.6 Å². The van der Waals surface area contributed by atoms with Gasteiger partial charge in [0.1, 0.15) is 18.3 Å². The number of nitrogens with one attached hydrogen (secondary N) is 1. The van der Waals surface area contributed by atoms with Gasteiger partial charge >= 0.3 is 0 Å². The summed E-state index contributed by atoms with van der Waals surface area (Å²) in [4.78, 5) is 27.8. The number of nitrogens with zero attached hydrogens (tertiary/aromatic N) is 2. The maximum Gasteiger partial charge on any atom is 0.244 e. The van der Waals surface area contributed by atoms with Gasteiger partial charge in [0.2, 0.25) is 21.8 Å². The van der Waals surface area contributed by atoms with Crippen LogP contribution in [0.4, 0.5) is 5.69 Å². The average Bonchev–Trinajstić information content (AvgIpc) is 2.80. The quantitative estimate of drug-likeness (QED) is 0.500. The first kappa shape index (κ1) is 27.5. The van der Waals surface area contributed by atoms with Gasteiger partial charge in [-0.25, -0.2) is 8.42 Å². The highest BCUT2D eigenvalue weighted by molar-refractivity contribution is 7.92. The molecule has 0 aliphatic rings. The van der Waals surface area contributed by atoms with E-state index in [0.717, 1.165) is 22.5 Å². The number of rotatable bonds is 11. The smallest absolute Gasteiger partial charge is 0.244 e. The molecule has 0 saturated heterocycles. The van der Waals surface area contributed by atoms with E-state index in [1.54, 1.807) is 43.3 Å². The minimum absolute atomic E-state index is 0.0700. The molecular formula is C24H32ClN3O5S. The first-order chi connectivity index (χ1) is 16.0. The summed E-state index contributed by atoms with van der Waals surface area (Å²) in [5.41, 5.74) is 0.928. The van der Waals surface area contributed by atoms with Crippen molar-refractivity contribution in [2.45, 2.75) is 45.8 Å². The van der Waals surface area contributed by atoms with Crippen molar-refractivity contribution in [3.63, 3.8) is 0 Å². The normalized spacial score (nSPS) is 13.0. The molecule has 0 aromatic heterocycles. The van der Waals surface area contributed by atoms with Crippen molar-refractivity contribution in [1.82, 2.24) is 10.2 Å². The molecule has 10 heteroatoms. The fraction of sp³-hybridized carbons (Fsp3) is 0.417. The predicted molar refractivity (Wildman–Crippen MR) is 135 cm³/mol. The zero-order valence-corrected chi connectivity index (χ0v) is 21.7. The maximum absolute atomic E-state index is 13.5. The molecule has 0 heterocycles. The van der Waals surface area contributed by atoms with Crippen LogP contribution in [0, 0.1) is 0 Å². The first-order valence-corrected chi connectivity index (χ1v) is 13.2. The average molecular weight is 510 g/mol. The summed E-state index contributed by atoms with van der Waals surface area (Å²) in [5, 5.41) is 3.08. The first-order valence-electron chi connectivity index (χ1n) is 10.9. The zero-order valence-electron chi connectivity index (χ0n) is 20.1. The van der Waals surface area contributed by atoms with Crippen LogP contribution in [-0.4, -0.2) is 57.1 Å². The summed E-state index contributed by atoms with van der Waals surface area (Å²) in [7, 11) is -2.30. The number of carbonyl (C=O) groups excluding carboxylic acids is 2. The van der Waals surface area contributed by atoms with Gasteiger partial charge in [-0.1, -0.05) is 42.8 Å². The van der Waals surface area contributed by atoms with Gasteiger partial charge in [0.05, 0.1) is 24.1 Å². The maximum atomic E-state index is 13.5. The van der Waals surface area contributed by atoms with Gasteiger partial charge in [-0.3, -0.25) is 13.9 Å². The lowest BCUT2D eigenvalue weighted by Gasteiger charge is -2.32. The number of benzene rings is 2. The topological polar surface area (TPSA) is 96.0 Å². The molecule has 186 valence electrons. The van der Waals surface area contributed by atoms with Crippen LogP contribution in [-0.2, 0) is 26.2 Å². The molecule has 2 atom stereocenters. The second-order valence-corrected chi connectivity index (χ2v) is 10.4. The number of carbonyl (C=O) groups is 2. The summed E-state index contributed by atoms with van der Waals surface area (Å²) in [6, 6.07) is 12.6. The Morgan fingerprint density at radius 3 is 2.38 bits per heavy atom. The van der Waals surface area contributed by atoms with Crippen LogP contribution in [0.3, 0.4) is 0 Å². The van der Waals surface area contributed by atoms with Crippen LogP contribution in [0.1, 0.15) is 32.8 Å². The highest BCUT2D eigenvalue weighted by Crippen LogP contribution is 2.27. The molecule has 2 aromatic rings. The van der Waals surface area contributed by atoms with E-state index in [4.69, 9.17) is 16.3 Å². The third-order valence-corrected chi connectivity index (χ3v) is 6.90. The highest BCUT2D eigenvalue weighted by atomic mass is 35.5. The summed E-state index contributed by atoms with van der Waals surface area (Å²) < 4.78 is 31.4. The number of halogens is 1. The second kappa shape index (κ2) is 12.1. The Hall–Kier alpha value is -2.78. The van der Waals surface area contributed by atoms with Gasteiger partial charge in [0.15, 0.2) is 0 Å². The van der Waals surface area contributed by atoms with Crippen LogP contribution in [0.15, 0.2) is 48.5 Å². The number of hydrogen-bond donors (Lipinski definition) is 1. The number of sulfonamides is 1. The van der Waals surface area contributed by atoms with E-state index in [1.165, 1.54) is 18.1 Å². The molecule has 0 fully saturated rings. The van der Waals surface area contributed by atoms with E-state index in [-0.39, 0.29) is 29.2 Å². The summed E-state index contributed by atoms with van der Waals surface area (Å²) in [6.45, 7) is 5.03. The van der Waals surface area contributed by atoms with Gasteiger partial charge in [-0.2, -0.15) is 0 Å². The second-order valence-electron chi connectivity index (χ2n) is 8.09. The SMILES string of the molecule is CC[C@@H](C)NC(=O)[C@@H](C)N(Cc1cccc(OC)c1)C(=O)CN(c1ccccc1Cl)S(C)(=O)=O. The number of amides is 2. The molecule has 1 N–H and O–H groups in total. The van der Waals surface area contributed by atoms with Crippen molar-refractivity contribution < 1.29 is 22.7 Å². The number of methoxy groups -OCH3 is 1. The van der Waals surface area contributed by atoms with Crippen molar-refractivity contribution in [3.8, 4) is 5.75 Å². The minimum atomic E-state index is -3.84. The van der Waals surface area contributed by atoms with E-state index in [1.807, 2.05) is 19.9 Å². The highest BCUT2D eigenvalue weighted by Gasteiger charge is 2.31. The summed E-state index contributed by atoms with van der Waals surface area (Å²) in [5.74, 6) is -0.260. The monoisotopic (exact) mass is 509 g/mol. The fourth-order valence-corrected chi connectivity index (χ4v) is 4.41. The fourth-order valence-electron chi connectivity index (χ4n) is 3.26. The molecule has 34 heavy (non-hydrogen) atoms. The third kappa shape index (κ3) is 7.36. The van der Waals surface area contributed by atoms with Gasteiger partial charge in [0.25, 0.3) is 0 Å². The Kier molecular flexibility index (Phi) is 9.76. The van der Waals surface area contributed by atoms with Crippen molar-refractivity contribution in [2.24, 2.45) is 0 Å². The molecule has 8 nitrogen and oxygen atoms in total. The van der Waals surface area contributed by atoms with E-state index in [2.05, 4.69) is 5.32 Å². The number of hydrogen-bond acceptors (Lipinski definition) is 5. The van der Waals surface area contributed by atoms with Crippen LogP contribution in [0.25, 0.3) is 0 Å². The summed E-state index contributed by atoms with van der Waals surface area (Å²) >= 11 is 6.23. The number of para-hydroxylation sites is 1. The van der Waals surface area contributed by atoms with E-state index in [0.29, 0.717) is 5.75 Å². The van der Waals surface area contributed by atoms with E-state index in [9.17, 15) is 18.0 Å². The Morgan fingerprint density at radius 2 is 1.79 bits per heavy atom. The lowest BCUT2D eigenvalue weighted by Crippen LogP contribution is -2.52. The molecule has 0 unspecified atom stereocenters. The predicted octanol–water partition coefficient (Wildman–Crippen LogP) is 3.45. The third-order valence-electron chi connectivity index (χ3n) is 5.46. The number of ether oxygens (including phenoxy) is 1. The van der Waals surface area contributed by atoms with Gasteiger partial charge in [-0.15, -0.1) is 0 Å². The van der Waals surface area contributed by atoms with Crippen LogP contribution < -0.4 is 14.4 Å². The van der Waals surface area contributed by atoms with Gasteiger partial charge < -0.3 is 15.0 Å². The zero-order chi connectivity index (χ0) is 25.5. The van der Waals surface area contributed by atoms with Crippen LogP contribution in [0.5, 0.6) is 5.75 Å². The largest absolute Gasteiger partial charge is 0.497 e. The molecule has 0 aliphatic carbocycles. The molecule has 0 spiro atoms. The Balaban J connectivity index is 2.41. The van der Waals surface area contributed by atoms with E-state index >= 15 is 0 Å². The molecule has 0 saturated carbocycles. The molecule has 0 radical (unpaired) electrons. The minimum Gasteiger partial charge on any atom is -0.497 e. The van der Waals surface area contributed by atoms with Crippen molar-refractivity contribution in [3.05, 3.63) is 59.1 Å². The van der Waals surface area contributed by atoms with Crippen molar-refractivity contribution in [1.29, 1.82) is 0 Å². The van der Waals surface area contributed by atoms with Crippen molar-refractivity contribution >= 4 is 39.1 Å². The molecular weight excluding hydrogens is 478 g/mol. The summed E-state index contributed by atoms with van der Waals surface area (Å²) in [6.07, 6.45) is 1.74. The Bertz CT molecular complexity index is 1110.